The fourth-order valence-corrected chi connectivity index (χ4v) is 3.34. The molecule has 1 aromatic heterocycles. The molecule has 0 amide bonds. The number of allylic oxidation sites excluding steroid dienone is 5. The SMILES string of the molecule is C/C=C(Cl)/C=C(\C=C\C(=N)CN)c1cnn(C)c1-c1cc(Cl)cc(OC2CC2)c1C#N. The van der Waals surface area contributed by atoms with Crippen molar-refractivity contribution in [2.75, 3.05) is 6.54 Å². The molecule has 31 heavy (non-hydrogen) atoms. The molecule has 3 rings (SSSR count). The summed E-state index contributed by atoms with van der Waals surface area (Å²) >= 11 is 12.7. The number of aryl methyl sites for hydroxylation is 1. The molecule has 0 spiro atoms. The molecule has 1 fully saturated rings. The molecule has 2 aromatic rings. The van der Waals surface area contributed by atoms with Gasteiger partial charge in [-0.25, -0.2) is 0 Å². The van der Waals surface area contributed by atoms with E-state index in [4.69, 9.17) is 39.1 Å². The minimum Gasteiger partial charge on any atom is -0.489 e. The molecule has 0 unspecified atom stereocenters. The van der Waals surface area contributed by atoms with Gasteiger partial charge in [-0.3, -0.25) is 4.68 Å². The lowest BCUT2D eigenvalue weighted by Gasteiger charge is -2.14. The summed E-state index contributed by atoms with van der Waals surface area (Å²) in [7, 11) is 1.79. The second-order valence-electron chi connectivity index (χ2n) is 7.12. The number of rotatable bonds is 8. The smallest absolute Gasteiger partial charge is 0.139 e. The van der Waals surface area contributed by atoms with Crippen LogP contribution in [-0.2, 0) is 7.05 Å². The van der Waals surface area contributed by atoms with Crippen LogP contribution in [0.5, 0.6) is 5.75 Å². The summed E-state index contributed by atoms with van der Waals surface area (Å²) in [6.45, 7) is 1.95. The third-order valence-corrected chi connectivity index (χ3v) is 5.30. The zero-order chi connectivity index (χ0) is 22.5. The van der Waals surface area contributed by atoms with Crippen molar-refractivity contribution >= 4 is 34.5 Å². The Kier molecular flexibility index (Phi) is 7.34. The number of hydrogen-bond acceptors (Lipinski definition) is 5. The zero-order valence-electron chi connectivity index (χ0n) is 17.3. The van der Waals surface area contributed by atoms with Crippen LogP contribution in [0.15, 0.2) is 47.7 Å². The second-order valence-corrected chi connectivity index (χ2v) is 7.99. The molecular formula is C23H23Cl2N5O. The van der Waals surface area contributed by atoms with Crippen LogP contribution in [0.4, 0.5) is 0 Å². The molecule has 1 aromatic carbocycles. The van der Waals surface area contributed by atoms with E-state index < -0.39 is 0 Å². The van der Waals surface area contributed by atoms with E-state index in [0.717, 1.165) is 24.0 Å². The van der Waals surface area contributed by atoms with E-state index >= 15 is 0 Å². The second kappa shape index (κ2) is 9.97. The highest BCUT2D eigenvalue weighted by atomic mass is 35.5. The monoisotopic (exact) mass is 455 g/mol. The van der Waals surface area contributed by atoms with Crippen LogP contribution in [0.2, 0.25) is 5.02 Å². The molecule has 1 heterocycles. The van der Waals surface area contributed by atoms with E-state index in [1.165, 1.54) is 0 Å². The number of aromatic nitrogens is 2. The maximum atomic E-state index is 9.93. The van der Waals surface area contributed by atoms with Crippen molar-refractivity contribution in [1.29, 1.82) is 10.7 Å². The summed E-state index contributed by atoms with van der Waals surface area (Å²) in [5, 5.41) is 23.2. The van der Waals surface area contributed by atoms with Crippen LogP contribution >= 0.6 is 23.2 Å². The van der Waals surface area contributed by atoms with Gasteiger partial charge in [-0.1, -0.05) is 35.4 Å². The number of hydrogen-bond donors (Lipinski definition) is 2. The van der Waals surface area contributed by atoms with E-state index in [9.17, 15) is 5.26 Å². The summed E-state index contributed by atoms with van der Waals surface area (Å²) in [4.78, 5) is 0. The first-order valence-electron chi connectivity index (χ1n) is 9.80. The van der Waals surface area contributed by atoms with E-state index in [1.807, 2.05) is 6.92 Å². The van der Waals surface area contributed by atoms with Crippen LogP contribution in [0.1, 0.15) is 30.9 Å². The quantitative estimate of drug-likeness (QED) is 0.420. The van der Waals surface area contributed by atoms with Crippen molar-refractivity contribution in [3.63, 3.8) is 0 Å². The van der Waals surface area contributed by atoms with E-state index in [1.54, 1.807) is 54.4 Å². The number of nitrogens with zero attached hydrogens (tertiary/aromatic N) is 3. The first-order valence-corrected chi connectivity index (χ1v) is 10.6. The Balaban J connectivity index is 2.21. The maximum absolute atomic E-state index is 9.93. The van der Waals surface area contributed by atoms with Crippen LogP contribution in [0, 0.1) is 16.7 Å². The highest BCUT2D eigenvalue weighted by Crippen LogP contribution is 2.39. The molecule has 0 radical (unpaired) electrons. The lowest BCUT2D eigenvalue weighted by atomic mass is 9.96. The third kappa shape index (κ3) is 5.45. The minimum atomic E-state index is 0.121. The molecule has 0 aliphatic heterocycles. The average Bonchev–Trinajstić information content (AvgIpc) is 3.49. The molecule has 1 saturated carbocycles. The summed E-state index contributed by atoms with van der Waals surface area (Å²) in [6.07, 6.45) is 10.7. The Morgan fingerprint density at radius 3 is 2.77 bits per heavy atom. The number of nitrogens with two attached hydrogens (primary N) is 1. The van der Waals surface area contributed by atoms with Crippen molar-refractivity contribution < 1.29 is 4.74 Å². The van der Waals surface area contributed by atoms with Gasteiger partial charge in [-0.15, -0.1) is 0 Å². The summed E-state index contributed by atoms with van der Waals surface area (Å²) < 4.78 is 7.63. The van der Waals surface area contributed by atoms with Gasteiger partial charge in [0.15, 0.2) is 0 Å². The van der Waals surface area contributed by atoms with Gasteiger partial charge >= 0.3 is 0 Å². The van der Waals surface area contributed by atoms with Crippen LogP contribution in [-0.4, -0.2) is 28.1 Å². The zero-order valence-corrected chi connectivity index (χ0v) is 18.8. The summed E-state index contributed by atoms with van der Waals surface area (Å²) in [5.41, 5.74) is 8.99. The molecule has 160 valence electrons. The van der Waals surface area contributed by atoms with Gasteiger partial charge < -0.3 is 15.9 Å². The largest absolute Gasteiger partial charge is 0.489 e. The number of ether oxygens (including phenoxy) is 1. The summed E-state index contributed by atoms with van der Waals surface area (Å²) in [5.74, 6) is 0.470. The molecule has 0 atom stereocenters. The lowest BCUT2D eigenvalue weighted by Crippen LogP contribution is -2.09. The number of halogens is 2. The van der Waals surface area contributed by atoms with Gasteiger partial charge in [-0.2, -0.15) is 10.4 Å². The fourth-order valence-electron chi connectivity index (χ4n) is 3.02. The average molecular weight is 456 g/mol. The fraction of sp³-hybridized carbons (Fsp3) is 0.261. The number of nitriles is 1. The van der Waals surface area contributed by atoms with Crippen LogP contribution < -0.4 is 10.5 Å². The predicted octanol–water partition coefficient (Wildman–Crippen LogP) is 5.21. The van der Waals surface area contributed by atoms with E-state index in [2.05, 4.69) is 11.2 Å². The number of benzene rings is 1. The normalized spacial score (nSPS) is 14.7. The van der Waals surface area contributed by atoms with Gasteiger partial charge in [0, 0.05) is 46.6 Å². The molecule has 8 heteroatoms. The van der Waals surface area contributed by atoms with Crippen molar-refractivity contribution in [1.82, 2.24) is 9.78 Å². The maximum Gasteiger partial charge on any atom is 0.139 e. The molecule has 3 N–H and O–H groups in total. The van der Waals surface area contributed by atoms with Crippen LogP contribution in [0.25, 0.3) is 16.8 Å². The molecule has 1 aliphatic rings. The van der Waals surface area contributed by atoms with Crippen molar-refractivity contribution in [3.8, 4) is 23.1 Å². The van der Waals surface area contributed by atoms with Crippen molar-refractivity contribution in [2.24, 2.45) is 12.8 Å². The summed E-state index contributed by atoms with van der Waals surface area (Å²) in [6, 6.07) is 5.68. The molecule has 6 nitrogen and oxygen atoms in total. The molecule has 0 saturated heterocycles. The lowest BCUT2D eigenvalue weighted by molar-refractivity contribution is 0.302. The van der Waals surface area contributed by atoms with Gasteiger partial charge in [0.1, 0.15) is 17.4 Å². The molecular weight excluding hydrogens is 433 g/mol. The standard InChI is InChI=1S/C23H23Cl2N5O/c1-3-15(24)8-14(4-5-17(28)11-26)21-13-29-30(2)23(21)19-9-16(25)10-22(20(19)12-27)31-18-6-7-18/h3-5,8-10,13,18,28H,6-7,11,26H2,1-2H3/b5-4+,14-8+,15-3-,28-17?. The molecule has 1 aliphatic carbocycles. The Hall–Kier alpha value is -2.85. The minimum absolute atomic E-state index is 0.121. The van der Waals surface area contributed by atoms with Gasteiger partial charge in [0.25, 0.3) is 0 Å². The third-order valence-electron chi connectivity index (χ3n) is 4.75. The highest BCUT2D eigenvalue weighted by molar-refractivity contribution is 6.32. The Morgan fingerprint density at radius 2 is 2.16 bits per heavy atom. The number of nitrogens with one attached hydrogen (secondary N) is 1. The van der Waals surface area contributed by atoms with Crippen molar-refractivity contribution in [3.05, 3.63) is 63.8 Å². The Labute approximate surface area is 191 Å². The van der Waals surface area contributed by atoms with E-state index in [-0.39, 0.29) is 18.4 Å². The molecule has 0 bridgehead atoms. The van der Waals surface area contributed by atoms with Gasteiger partial charge in [-0.05, 0) is 43.6 Å². The van der Waals surface area contributed by atoms with Gasteiger partial charge in [0.2, 0.25) is 0 Å². The Morgan fingerprint density at radius 1 is 1.42 bits per heavy atom. The van der Waals surface area contributed by atoms with Crippen LogP contribution in [0.3, 0.4) is 0 Å². The van der Waals surface area contributed by atoms with E-state index in [0.29, 0.717) is 32.6 Å². The highest BCUT2D eigenvalue weighted by Gasteiger charge is 2.27. The Bertz CT molecular complexity index is 1130. The first kappa shape index (κ1) is 22.8. The topological polar surface area (TPSA) is 101 Å². The van der Waals surface area contributed by atoms with Crippen molar-refractivity contribution in [2.45, 2.75) is 25.9 Å². The van der Waals surface area contributed by atoms with Gasteiger partial charge in [0.05, 0.1) is 18.0 Å². The first-order chi connectivity index (χ1) is 14.9. The predicted molar refractivity (Wildman–Crippen MR) is 126 cm³/mol.